The molecule has 0 unspecified atom stereocenters. The van der Waals surface area contributed by atoms with E-state index in [1.807, 2.05) is 6.07 Å². The largest absolute Gasteiger partial charge is 0.465 e. The first kappa shape index (κ1) is 20.9. The Bertz CT molecular complexity index is 778. The lowest BCUT2D eigenvalue weighted by Gasteiger charge is -2.41. The molecule has 1 spiro atoms. The number of carbonyl (C=O) groups is 2. The van der Waals surface area contributed by atoms with Crippen LogP contribution in [0.5, 0.6) is 0 Å². The summed E-state index contributed by atoms with van der Waals surface area (Å²) in [6.45, 7) is 4.49. The van der Waals surface area contributed by atoms with Crippen molar-refractivity contribution in [3.05, 3.63) is 18.3 Å². The van der Waals surface area contributed by atoms with Crippen LogP contribution in [0.25, 0.3) is 0 Å². The van der Waals surface area contributed by atoms with Crippen LogP contribution in [0.3, 0.4) is 0 Å². The van der Waals surface area contributed by atoms with Gasteiger partial charge in [0.2, 0.25) is 5.91 Å². The fourth-order valence-electron chi connectivity index (χ4n) is 5.43. The van der Waals surface area contributed by atoms with E-state index >= 15 is 0 Å². The van der Waals surface area contributed by atoms with Crippen molar-refractivity contribution in [1.82, 2.24) is 9.88 Å². The second-order valence-corrected chi connectivity index (χ2v) is 8.92. The molecular formula is C22H32N4O4. The molecule has 2 amide bonds. The Morgan fingerprint density at radius 1 is 1.23 bits per heavy atom. The van der Waals surface area contributed by atoms with E-state index in [2.05, 4.69) is 14.8 Å². The first-order valence-electron chi connectivity index (χ1n) is 11.1. The van der Waals surface area contributed by atoms with E-state index < -0.39 is 6.09 Å². The number of hydrogen-bond donors (Lipinski definition) is 2. The van der Waals surface area contributed by atoms with Crippen molar-refractivity contribution in [3.63, 3.8) is 0 Å². The second kappa shape index (κ2) is 8.41. The Balaban J connectivity index is 1.45. The first-order chi connectivity index (χ1) is 14.4. The zero-order valence-electron chi connectivity index (χ0n) is 17.7. The van der Waals surface area contributed by atoms with Gasteiger partial charge in [0.1, 0.15) is 5.82 Å². The van der Waals surface area contributed by atoms with Gasteiger partial charge < -0.3 is 20.0 Å². The lowest BCUT2D eigenvalue weighted by atomic mass is 9.78. The Labute approximate surface area is 177 Å². The summed E-state index contributed by atoms with van der Waals surface area (Å²) >= 11 is 0. The number of amides is 2. The molecule has 1 saturated carbocycles. The number of piperidine rings is 1. The van der Waals surface area contributed by atoms with Gasteiger partial charge in [-0.05, 0) is 64.0 Å². The zero-order valence-corrected chi connectivity index (χ0v) is 17.7. The van der Waals surface area contributed by atoms with Gasteiger partial charge in [-0.3, -0.25) is 9.69 Å². The van der Waals surface area contributed by atoms with E-state index in [4.69, 9.17) is 0 Å². The molecule has 1 atom stereocenters. The average Bonchev–Trinajstić information content (AvgIpc) is 3.05. The number of nitrogens with zero attached hydrogens (tertiary/aromatic N) is 4. The molecule has 8 nitrogen and oxygen atoms in total. The quantitative estimate of drug-likeness (QED) is 0.783. The van der Waals surface area contributed by atoms with Gasteiger partial charge >= 0.3 is 6.09 Å². The molecule has 0 radical (unpaired) electrons. The summed E-state index contributed by atoms with van der Waals surface area (Å²) in [5.74, 6) is 1.07. The molecule has 2 aliphatic heterocycles. The maximum Gasteiger partial charge on any atom is 0.411 e. The third-order valence-electron chi connectivity index (χ3n) is 7.14. The average molecular weight is 417 g/mol. The van der Waals surface area contributed by atoms with Gasteiger partial charge in [-0.15, -0.1) is 0 Å². The fraction of sp³-hybridized carbons (Fsp3) is 0.682. The van der Waals surface area contributed by atoms with Crippen LogP contribution < -0.4 is 9.80 Å². The van der Waals surface area contributed by atoms with Crippen LogP contribution >= 0.6 is 0 Å². The standard InChI is InChI=1S/C22H32N4O4/c1-2-25(21(29)30)17-6-9-19(23-14-17)24-12-3-10-22(15-24)11-13-26(20(22)28)16-4-7-18(27)8-5-16/h6,9,14,16,18,27H,2-5,7-8,10-13,15H2,1H3,(H,29,30)/t16-,18-,22-/m0/s1. The van der Waals surface area contributed by atoms with Crippen molar-refractivity contribution in [1.29, 1.82) is 0 Å². The number of carboxylic acid groups (broad SMARTS) is 1. The maximum absolute atomic E-state index is 13.4. The highest BCUT2D eigenvalue weighted by Crippen LogP contribution is 2.43. The minimum atomic E-state index is -0.990. The van der Waals surface area contributed by atoms with Crippen molar-refractivity contribution in [2.45, 2.75) is 64.0 Å². The Hall–Kier alpha value is -2.35. The highest BCUT2D eigenvalue weighted by molar-refractivity contribution is 5.87. The molecule has 30 heavy (non-hydrogen) atoms. The summed E-state index contributed by atoms with van der Waals surface area (Å²) in [5, 5.41) is 19.1. The Kier molecular flexibility index (Phi) is 5.86. The molecule has 0 aromatic carbocycles. The highest BCUT2D eigenvalue weighted by Gasteiger charge is 2.50. The summed E-state index contributed by atoms with van der Waals surface area (Å²) in [6.07, 6.45) is 6.50. The minimum Gasteiger partial charge on any atom is -0.465 e. The predicted octanol–water partition coefficient (Wildman–Crippen LogP) is 2.71. The van der Waals surface area contributed by atoms with Crippen LogP contribution in [0.4, 0.5) is 16.3 Å². The predicted molar refractivity (Wildman–Crippen MR) is 114 cm³/mol. The van der Waals surface area contributed by atoms with Gasteiger partial charge in [-0.2, -0.15) is 0 Å². The van der Waals surface area contributed by atoms with E-state index in [1.165, 1.54) is 4.90 Å². The summed E-state index contributed by atoms with van der Waals surface area (Å²) in [6, 6.07) is 3.92. The number of rotatable bonds is 4. The maximum atomic E-state index is 13.4. The number of aliphatic hydroxyl groups excluding tert-OH is 1. The lowest BCUT2D eigenvalue weighted by molar-refractivity contribution is -0.139. The molecule has 1 aliphatic carbocycles. The van der Waals surface area contributed by atoms with Crippen LogP contribution in [0, 0.1) is 5.41 Å². The van der Waals surface area contributed by atoms with E-state index in [0.29, 0.717) is 18.8 Å². The summed E-state index contributed by atoms with van der Waals surface area (Å²) < 4.78 is 0. The monoisotopic (exact) mass is 416 g/mol. The highest BCUT2D eigenvalue weighted by atomic mass is 16.4. The van der Waals surface area contributed by atoms with Crippen LogP contribution in [-0.2, 0) is 4.79 Å². The van der Waals surface area contributed by atoms with Gasteiger partial charge in [0.15, 0.2) is 0 Å². The molecule has 3 heterocycles. The SMILES string of the molecule is CCN(C(=O)O)c1ccc(N2CCC[C@]3(CCN([C@H]4CC[C@H](O)CC4)C3=O)C2)nc1. The van der Waals surface area contributed by atoms with Gasteiger partial charge in [0, 0.05) is 32.2 Å². The van der Waals surface area contributed by atoms with Gasteiger partial charge in [0.05, 0.1) is 23.4 Å². The molecule has 1 aromatic heterocycles. The van der Waals surface area contributed by atoms with Crippen LogP contribution in [0.2, 0.25) is 0 Å². The second-order valence-electron chi connectivity index (χ2n) is 8.92. The van der Waals surface area contributed by atoms with Crippen molar-refractivity contribution in [3.8, 4) is 0 Å². The summed E-state index contributed by atoms with van der Waals surface area (Å²) in [5.41, 5.74) is 0.216. The molecule has 8 heteroatoms. The number of hydrogen-bond acceptors (Lipinski definition) is 5. The topological polar surface area (TPSA) is 97.2 Å². The van der Waals surface area contributed by atoms with Gasteiger partial charge in [0.25, 0.3) is 0 Å². The van der Waals surface area contributed by atoms with E-state index in [-0.39, 0.29) is 23.5 Å². The van der Waals surface area contributed by atoms with Crippen LogP contribution in [-0.4, -0.2) is 70.4 Å². The number of pyridine rings is 1. The number of aliphatic hydroxyl groups is 1. The molecule has 164 valence electrons. The van der Waals surface area contributed by atoms with Crippen molar-refractivity contribution in [2.24, 2.45) is 5.41 Å². The number of carbonyl (C=O) groups excluding carboxylic acids is 1. The van der Waals surface area contributed by atoms with E-state index in [9.17, 15) is 19.8 Å². The number of likely N-dealkylation sites (tertiary alicyclic amines) is 1. The van der Waals surface area contributed by atoms with Crippen LogP contribution in [0.15, 0.2) is 18.3 Å². The summed E-state index contributed by atoms with van der Waals surface area (Å²) in [7, 11) is 0. The third-order valence-corrected chi connectivity index (χ3v) is 7.14. The summed E-state index contributed by atoms with van der Waals surface area (Å²) in [4.78, 5) is 34.8. The lowest BCUT2D eigenvalue weighted by Crippen LogP contribution is -2.50. The first-order valence-corrected chi connectivity index (χ1v) is 11.1. The molecule has 3 aliphatic rings. The third kappa shape index (κ3) is 3.85. The fourth-order valence-corrected chi connectivity index (χ4v) is 5.43. The molecule has 4 rings (SSSR count). The van der Waals surface area contributed by atoms with Crippen LogP contribution in [0.1, 0.15) is 51.9 Å². The van der Waals surface area contributed by atoms with Crippen molar-refractivity contribution < 1.29 is 19.8 Å². The zero-order chi connectivity index (χ0) is 21.3. The van der Waals surface area contributed by atoms with E-state index in [1.54, 1.807) is 19.2 Å². The Morgan fingerprint density at radius 3 is 2.63 bits per heavy atom. The van der Waals surface area contributed by atoms with Crippen molar-refractivity contribution in [2.75, 3.05) is 36.0 Å². The van der Waals surface area contributed by atoms with E-state index in [0.717, 1.165) is 63.9 Å². The van der Waals surface area contributed by atoms with Crippen molar-refractivity contribution >= 4 is 23.5 Å². The normalized spacial score (nSPS) is 29.5. The molecule has 2 saturated heterocycles. The smallest absolute Gasteiger partial charge is 0.411 e. The number of anilines is 2. The number of aromatic nitrogens is 1. The van der Waals surface area contributed by atoms with Gasteiger partial charge in [-0.25, -0.2) is 9.78 Å². The molecule has 1 aromatic rings. The molecule has 3 fully saturated rings. The molecule has 2 N–H and O–H groups in total. The molecule has 0 bridgehead atoms. The van der Waals surface area contributed by atoms with Gasteiger partial charge in [-0.1, -0.05) is 0 Å². The molecular weight excluding hydrogens is 384 g/mol. The minimum absolute atomic E-state index is 0.211. The Morgan fingerprint density at radius 2 is 2.00 bits per heavy atom.